The topological polar surface area (TPSA) is 52.3 Å². The van der Waals surface area contributed by atoms with Crippen molar-refractivity contribution in [2.24, 2.45) is 5.92 Å². The van der Waals surface area contributed by atoms with Crippen molar-refractivity contribution in [3.8, 4) is 11.5 Å². The van der Waals surface area contributed by atoms with Gasteiger partial charge in [0, 0.05) is 15.6 Å². The normalized spacial score (nSPS) is 19.8. The van der Waals surface area contributed by atoms with Gasteiger partial charge in [0.2, 0.25) is 5.89 Å². The van der Waals surface area contributed by atoms with Crippen LogP contribution in [-0.4, -0.2) is 17.1 Å². The zero-order chi connectivity index (χ0) is 18.3. The average molecular weight is 390 g/mol. The van der Waals surface area contributed by atoms with Crippen LogP contribution in [0.5, 0.6) is 0 Å². The fraction of sp³-hybridized carbons (Fsp3) is 0.300. The number of fused-ring (bicyclic) bond motifs is 1. The first-order valence-corrected chi connectivity index (χ1v) is 9.31. The molecule has 2 aromatic carbocycles. The predicted molar refractivity (Wildman–Crippen MR) is 102 cm³/mol. The van der Waals surface area contributed by atoms with E-state index in [0.29, 0.717) is 44.1 Å². The molecule has 3 aromatic rings. The van der Waals surface area contributed by atoms with Gasteiger partial charge in [-0.1, -0.05) is 30.1 Å². The molecule has 6 heteroatoms. The van der Waals surface area contributed by atoms with E-state index in [1.54, 1.807) is 36.4 Å². The number of hydrogen-bond acceptors (Lipinski definition) is 4. The molecule has 1 fully saturated rings. The lowest BCUT2D eigenvalue weighted by molar-refractivity contribution is 0.0311. The van der Waals surface area contributed by atoms with Gasteiger partial charge in [-0.25, -0.2) is 9.78 Å². The third-order valence-corrected chi connectivity index (χ3v) is 5.09. The third kappa shape index (κ3) is 3.57. The minimum absolute atomic E-state index is 0.00656. The first-order valence-electron chi connectivity index (χ1n) is 8.56. The largest absolute Gasteiger partial charge is 0.459 e. The number of halogens is 2. The Morgan fingerprint density at radius 2 is 1.92 bits per heavy atom. The molecule has 1 aromatic heterocycles. The van der Waals surface area contributed by atoms with Gasteiger partial charge < -0.3 is 9.15 Å². The van der Waals surface area contributed by atoms with Gasteiger partial charge in [0.05, 0.1) is 5.56 Å². The lowest BCUT2D eigenvalue weighted by Crippen LogP contribution is -2.15. The first kappa shape index (κ1) is 17.4. The molecule has 1 aliphatic rings. The molecule has 0 saturated heterocycles. The number of carbonyl (C=O) groups is 1. The predicted octanol–water partition coefficient (Wildman–Crippen LogP) is 6.15. The molecule has 1 aliphatic carbocycles. The third-order valence-electron chi connectivity index (χ3n) is 4.65. The summed E-state index contributed by atoms with van der Waals surface area (Å²) in [4.78, 5) is 16.8. The number of rotatable bonds is 3. The van der Waals surface area contributed by atoms with E-state index in [2.05, 4.69) is 11.9 Å². The van der Waals surface area contributed by atoms with Gasteiger partial charge in [-0.15, -0.1) is 0 Å². The number of carbonyl (C=O) groups excluding carboxylic acids is 1. The van der Waals surface area contributed by atoms with E-state index in [0.717, 1.165) is 19.3 Å². The monoisotopic (exact) mass is 389 g/mol. The fourth-order valence-electron chi connectivity index (χ4n) is 3.33. The second-order valence-corrected chi connectivity index (χ2v) is 7.68. The van der Waals surface area contributed by atoms with Crippen molar-refractivity contribution in [2.45, 2.75) is 32.3 Å². The molecule has 1 saturated carbocycles. The number of oxazole rings is 1. The molecule has 0 radical (unpaired) electrons. The van der Waals surface area contributed by atoms with Gasteiger partial charge in [-0.2, -0.15) is 0 Å². The van der Waals surface area contributed by atoms with Crippen LogP contribution in [0, 0.1) is 5.92 Å². The minimum atomic E-state index is -0.324. The fourth-order valence-corrected chi connectivity index (χ4v) is 3.86. The van der Waals surface area contributed by atoms with Crippen molar-refractivity contribution >= 4 is 40.3 Å². The quantitative estimate of drug-likeness (QED) is 0.504. The van der Waals surface area contributed by atoms with Crippen LogP contribution in [0.15, 0.2) is 40.8 Å². The van der Waals surface area contributed by atoms with Crippen molar-refractivity contribution in [3.05, 3.63) is 52.0 Å². The molecule has 4 nitrogen and oxygen atoms in total. The van der Waals surface area contributed by atoms with Gasteiger partial charge in [0.1, 0.15) is 11.6 Å². The summed E-state index contributed by atoms with van der Waals surface area (Å²) in [5.74, 6) is 0.686. The van der Waals surface area contributed by atoms with E-state index in [4.69, 9.17) is 32.4 Å². The Bertz CT molecular complexity index is 962. The summed E-state index contributed by atoms with van der Waals surface area (Å²) >= 11 is 12.1. The summed E-state index contributed by atoms with van der Waals surface area (Å²) in [7, 11) is 0. The van der Waals surface area contributed by atoms with E-state index in [-0.39, 0.29) is 12.1 Å². The van der Waals surface area contributed by atoms with Gasteiger partial charge in [0.25, 0.3) is 0 Å². The standard InChI is InChI=1S/C20H17Cl2NO3/c1-11-2-4-16(6-11)25-20(24)12-3-5-17-18(9-12)26-19(23-17)13-7-14(21)10-15(22)8-13/h3,5,7-11,16H,2,4,6H2,1H3. The highest BCUT2D eigenvalue weighted by Gasteiger charge is 2.25. The van der Waals surface area contributed by atoms with E-state index in [1.165, 1.54) is 0 Å². The van der Waals surface area contributed by atoms with Crippen LogP contribution in [0.3, 0.4) is 0 Å². The number of esters is 1. The highest BCUT2D eigenvalue weighted by molar-refractivity contribution is 6.35. The second-order valence-electron chi connectivity index (χ2n) is 6.81. The number of ether oxygens (including phenoxy) is 1. The Kier molecular flexibility index (Phi) is 4.63. The zero-order valence-electron chi connectivity index (χ0n) is 14.2. The average Bonchev–Trinajstić information content (AvgIpc) is 3.19. The Morgan fingerprint density at radius 3 is 2.62 bits per heavy atom. The Hall–Kier alpha value is -2.04. The maximum Gasteiger partial charge on any atom is 0.338 e. The molecule has 1 heterocycles. The van der Waals surface area contributed by atoms with Crippen LogP contribution < -0.4 is 0 Å². The summed E-state index contributed by atoms with van der Waals surface area (Å²) in [6.07, 6.45) is 2.96. The number of benzene rings is 2. The first-order chi connectivity index (χ1) is 12.5. The van der Waals surface area contributed by atoms with Crippen LogP contribution in [0.25, 0.3) is 22.6 Å². The van der Waals surface area contributed by atoms with E-state index in [1.807, 2.05) is 0 Å². The van der Waals surface area contributed by atoms with Crippen LogP contribution in [0.4, 0.5) is 0 Å². The van der Waals surface area contributed by atoms with Crippen LogP contribution in [-0.2, 0) is 4.74 Å². The molecule has 0 N–H and O–H groups in total. The maximum atomic E-state index is 12.4. The second kappa shape index (κ2) is 6.93. The van der Waals surface area contributed by atoms with E-state index in [9.17, 15) is 4.79 Å². The van der Waals surface area contributed by atoms with Crippen LogP contribution >= 0.6 is 23.2 Å². The summed E-state index contributed by atoms with van der Waals surface area (Å²) in [5.41, 5.74) is 2.32. The molecule has 134 valence electrons. The van der Waals surface area contributed by atoms with Gasteiger partial charge in [-0.3, -0.25) is 0 Å². The summed E-state index contributed by atoms with van der Waals surface area (Å²) in [6, 6.07) is 10.2. The SMILES string of the molecule is CC1CCC(OC(=O)c2ccc3nc(-c4cc(Cl)cc(Cl)c4)oc3c2)C1. The summed E-state index contributed by atoms with van der Waals surface area (Å²) in [6.45, 7) is 2.18. The molecule has 26 heavy (non-hydrogen) atoms. The minimum Gasteiger partial charge on any atom is -0.459 e. The molecular weight excluding hydrogens is 373 g/mol. The number of nitrogens with zero attached hydrogens (tertiary/aromatic N) is 1. The molecule has 2 atom stereocenters. The number of hydrogen-bond donors (Lipinski definition) is 0. The summed E-state index contributed by atoms with van der Waals surface area (Å²) in [5, 5.41) is 1.01. The summed E-state index contributed by atoms with van der Waals surface area (Å²) < 4.78 is 11.4. The van der Waals surface area contributed by atoms with Crippen molar-refractivity contribution in [2.75, 3.05) is 0 Å². The van der Waals surface area contributed by atoms with Gasteiger partial charge in [0.15, 0.2) is 5.58 Å². The van der Waals surface area contributed by atoms with E-state index >= 15 is 0 Å². The van der Waals surface area contributed by atoms with Crippen molar-refractivity contribution < 1.29 is 13.9 Å². The van der Waals surface area contributed by atoms with E-state index < -0.39 is 0 Å². The molecule has 0 bridgehead atoms. The molecular formula is C20H17Cl2NO3. The molecule has 4 rings (SSSR count). The van der Waals surface area contributed by atoms with Crippen molar-refractivity contribution in [1.29, 1.82) is 0 Å². The van der Waals surface area contributed by atoms with Crippen molar-refractivity contribution in [3.63, 3.8) is 0 Å². The highest BCUT2D eigenvalue weighted by atomic mass is 35.5. The Morgan fingerprint density at radius 1 is 1.15 bits per heavy atom. The Labute approximate surface area is 161 Å². The smallest absolute Gasteiger partial charge is 0.338 e. The molecule has 0 spiro atoms. The molecule has 0 aliphatic heterocycles. The van der Waals surface area contributed by atoms with Gasteiger partial charge in [-0.05, 0) is 61.6 Å². The zero-order valence-corrected chi connectivity index (χ0v) is 15.7. The molecule has 2 unspecified atom stereocenters. The number of aromatic nitrogens is 1. The van der Waals surface area contributed by atoms with Crippen LogP contribution in [0.2, 0.25) is 10.0 Å². The maximum absolute atomic E-state index is 12.4. The van der Waals surface area contributed by atoms with Gasteiger partial charge >= 0.3 is 5.97 Å². The molecule has 0 amide bonds. The van der Waals surface area contributed by atoms with Crippen molar-refractivity contribution in [1.82, 2.24) is 4.98 Å². The van der Waals surface area contributed by atoms with Crippen LogP contribution in [0.1, 0.15) is 36.5 Å². The lowest BCUT2D eigenvalue weighted by atomic mass is 10.1. The Balaban J connectivity index is 1.60. The highest BCUT2D eigenvalue weighted by Crippen LogP contribution is 2.31. The lowest BCUT2D eigenvalue weighted by Gasteiger charge is -2.11.